The third-order valence-electron chi connectivity index (χ3n) is 9.80. The van der Waals surface area contributed by atoms with Crippen molar-refractivity contribution in [3.63, 3.8) is 0 Å². The first-order valence-corrected chi connectivity index (χ1v) is 19.8. The van der Waals surface area contributed by atoms with Crippen molar-refractivity contribution < 1.29 is 52.7 Å². The number of hydrogen-bond donors (Lipinski definition) is 12. The molecular weight excluding hydrogens is 788 g/mol. The van der Waals surface area contributed by atoms with Crippen LogP contribution in [0.1, 0.15) is 100 Å². The number of nitrogens with two attached hydrogens (primary N) is 5. The second kappa shape index (κ2) is 26.3. The van der Waals surface area contributed by atoms with E-state index in [0.717, 1.165) is 0 Å². The molecule has 0 aliphatic heterocycles. The molecular formula is C37H66N12O11. The molecule has 0 fully saturated rings. The van der Waals surface area contributed by atoms with Gasteiger partial charge in [0.1, 0.15) is 42.3 Å². The molecule has 0 aromatic rings. The van der Waals surface area contributed by atoms with Gasteiger partial charge in [0, 0.05) is 12.8 Å². The van der Waals surface area contributed by atoms with Crippen molar-refractivity contribution in [3.8, 4) is 0 Å². The van der Waals surface area contributed by atoms with Crippen LogP contribution in [0.5, 0.6) is 0 Å². The fourth-order valence-electron chi connectivity index (χ4n) is 5.37. The van der Waals surface area contributed by atoms with Gasteiger partial charge in [-0.1, -0.05) is 54.4 Å². The summed E-state index contributed by atoms with van der Waals surface area (Å²) in [6.07, 6.45) is -1.33. The van der Waals surface area contributed by atoms with Crippen molar-refractivity contribution in [1.82, 2.24) is 37.2 Å². The lowest BCUT2D eigenvalue weighted by molar-refractivity contribution is -0.137. The van der Waals surface area contributed by atoms with Crippen molar-refractivity contribution in [2.24, 2.45) is 46.4 Å². The Hall–Kier alpha value is -5.87. The maximum Gasteiger partial charge on any atom is 0.243 e. The molecule has 0 aromatic heterocycles. The minimum absolute atomic E-state index is 0.240. The van der Waals surface area contributed by atoms with E-state index in [-0.39, 0.29) is 25.2 Å². The molecule has 340 valence electrons. The van der Waals surface area contributed by atoms with Crippen LogP contribution in [-0.2, 0) is 52.7 Å². The monoisotopic (exact) mass is 854 g/mol. The number of rotatable bonds is 28. The molecule has 11 amide bonds. The summed E-state index contributed by atoms with van der Waals surface area (Å²) < 4.78 is 0. The van der Waals surface area contributed by atoms with Crippen molar-refractivity contribution >= 4 is 65.0 Å². The Kier molecular flexibility index (Phi) is 23.7. The second-order valence-electron chi connectivity index (χ2n) is 15.2. The first kappa shape index (κ1) is 54.1. The minimum atomic E-state index is -1.58. The molecule has 0 aliphatic carbocycles. The van der Waals surface area contributed by atoms with Gasteiger partial charge in [0.05, 0.1) is 12.5 Å². The molecule has 0 heterocycles. The van der Waals surface area contributed by atoms with E-state index >= 15 is 0 Å². The fraction of sp³-hybridized carbons (Fsp3) is 0.703. The average Bonchev–Trinajstić information content (AvgIpc) is 3.16. The molecule has 23 nitrogen and oxygen atoms in total. The molecule has 0 bridgehead atoms. The summed E-state index contributed by atoms with van der Waals surface area (Å²) in [5, 5.41) is 17.0. The van der Waals surface area contributed by atoms with Crippen LogP contribution in [0, 0.1) is 17.8 Å². The first-order valence-electron chi connectivity index (χ1n) is 19.8. The highest BCUT2D eigenvalue weighted by atomic mass is 16.2. The maximum absolute atomic E-state index is 13.7. The molecule has 23 heteroatoms. The van der Waals surface area contributed by atoms with Gasteiger partial charge >= 0.3 is 0 Å². The highest BCUT2D eigenvalue weighted by Crippen LogP contribution is 2.12. The van der Waals surface area contributed by atoms with E-state index in [1.807, 2.05) is 0 Å². The van der Waals surface area contributed by atoms with Crippen LogP contribution in [0.15, 0.2) is 0 Å². The largest absolute Gasteiger partial charge is 0.370 e. The Labute approximate surface area is 349 Å². The highest BCUT2D eigenvalue weighted by molar-refractivity contribution is 5.98. The third-order valence-corrected chi connectivity index (χ3v) is 9.80. The summed E-state index contributed by atoms with van der Waals surface area (Å²) in [6.45, 7) is 12.7. The Balaban J connectivity index is 6.23. The van der Waals surface area contributed by atoms with Gasteiger partial charge in [0.25, 0.3) is 0 Å². The van der Waals surface area contributed by atoms with Crippen LogP contribution in [0.3, 0.4) is 0 Å². The van der Waals surface area contributed by atoms with Crippen LogP contribution in [0.2, 0.25) is 0 Å². The number of carbonyl (C=O) groups excluding carboxylic acids is 11. The zero-order valence-corrected chi connectivity index (χ0v) is 35.7. The molecule has 0 spiro atoms. The van der Waals surface area contributed by atoms with Gasteiger partial charge in [-0.15, -0.1) is 0 Å². The fourth-order valence-corrected chi connectivity index (χ4v) is 5.37. The molecule has 10 atom stereocenters. The lowest BCUT2D eigenvalue weighted by Crippen LogP contribution is -2.61. The summed E-state index contributed by atoms with van der Waals surface area (Å²) >= 11 is 0. The molecule has 0 saturated heterocycles. The summed E-state index contributed by atoms with van der Waals surface area (Å²) in [7, 11) is 0. The summed E-state index contributed by atoms with van der Waals surface area (Å²) in [6, 6.07) is -10.5. The molecule has 0 aliphatic rings. The van der Waals surface area contributed by atoms with E-state index < -0.39 is 138 Å². The van der Waals surface area contributed by atoms with E-state index in [2.05, 4.69) is 37.2 Å². The van der Waals surface area contributed by atoms with E-state index in [9.17, 15) is 52.7 Å². The molecule has 0 unspecified atom stereocenters. The topological polar surface area (TPSA) is 402 Å². The summed E-state index contributed by atoms with van der Waals surface area (Å²) in [5.74, 6) is -10.9. The van der Waals surface area contributed by atoms with Crippen molar-refractivity contribution in [1.29, 1.82) is 0 Å². The van der Waals surface area contributed by atoms with E-state index in [1.165, 1.54) is 13.8 Å². The summed E-state index contributed by atoms with van der Waals surface area (Å²) in [5.41, 5.74) is 27.2. The third kappa shape index (κ3) is 19.3. The van der Waals surface area contributed by atoms with Gasteiger partial charge in [0.2, 0.25) is 65.0 Å². The molecule has 0 aromatic carbocycles. The van der Waals surface area contributed by atoms with Gasteiger partial charge in [-0.05, 0) is 44.4 Å². The van der Waals surface area contributed by atoms with Crippen molar-refractivity contribution in [3.05, 3.63) is 0 Å². The Morgan fingerprint density at radius 2 is 0.800 bits per heavy atom. The maximum atomic E-state index is 13.7. The smallest absolute Gasteiger partial charge is 0.243 e. The molecule has 0 saturated carbocycles. The van der Waals surface area contributed by atoms with Crippen molar-refractivity contribution in [2.45, 2.75) is 149 Å². The summed E-state index contributed by atoms with van der Waals surface area (Å²) in [4.78, 5) is 140. The quantitative estimate of drug-likeness (QED) is 0.0354. The molecule has 0 rings (SSSR count). The number of nitrogens with one attached hydrogen (secondary N) is 7. The van der Waals surface area contributed by atoms with Gasteiger partial charge in [-0.25, -0.2) is 0 Å². The van der Waals surface area contributed by atoms with Gasteiger partial charge in [0.15, 0.2) is 0 Å². The van der Waals surface area contributed by atoms with Crippen LogP contribution in [0.4, 0.5) is 0 Å². The number of hydrogen-bond acceptors (Lipinski definition) is 12. The number of primary amides is 4. The molecule has 60 heavy (non-hydrogen) atoms. The number of carbonyl (C=O) groups is 11. The predicted molar refractivity (Wildman–Crippen MR) is 216 cm³/mol. The lowest BCUT2D eigenvalue weighted by Gasteiger charge is -2.29. The predicted octanol–water partition coefficient (Wildman–Crippen LogP) is -4.61. The first-order chi connectivity index (χ1) is 27.8. The van der Waals surface area contributed by atoms with Gasteiger partial charge < -0.3 is 65.9 Å². The standard InChI is InChI=1S/C37H66N12O11/c1-9-17(5)28(30(42)53)48-35(58)23(15-26(40)52)47-37(60)29(18(6)10-2)49-34(57)22(12-14-25(39)51)46-31(54)19(7)43-33(56)21(11-13-24(38)50)45-32(55)20(8)44-36(59)27(41)16(3)4/h16-23,27-29H,9-15,41H2,1-8H3,(H2,38,50)(H2,39,51)(H2,40,52)(H2,42,53)(H,43,56)(H,44,59)(H,45,55)(H,46,54)(H,47,60)(H,48,58)(H,49,57)/t17-,18-,19-,20-,21-,22-,23-,27-,28-,29-/m0/s1. The number of amides is 11. The van der Waals surface area contributed by atoms with Crippen LogP contribution < -0.4 is 65.9 Å². The van der Waals surface area contributed by atoms with E-state index in [0.29, 0.717) is 12.8 Å². The Morgan fingerprint density at radius 3 is 1.18 bits per heavy atom. The zero-order valence-electron chi connectivity index (χ0n) is 35.7. The second-order valence-corrected chi connectivity index (χ2v) is 15.2. The van der Waals surface area contributed by atoms with E-state index in [4.69, 9.17) is 28.7 Å². The molecule has 17 N–H and O–H groups in total. The van der Waals surface area contributed by atoms with Crippen LogP contribution in [-0.4, -0.2) is 113 Å². The Morgan fingerprint density at radius 1 is 0.433 bits per heavy atom. The normalized spacial score (nSPS) is 16.0. The highest BCUT2D eigenvalue weighted by Gasteiger charge is 2.35. The average molecular weight is 855 g/mol. The lowest BCUT2D eigenvalue weighted by atomic mass is 9.96. The van der Waals surface area contributed by atoms with E-state index in [1.54, 1.807) is 41.5 Å². The van der Waals surface area contributed by atoms with Crippen LogP contribution in [0.25, 0.3) is 0 Å². The SMILES string of the molecule is CC[C@H](C)[C@H](NC(=O)[C@H](CC(N)=O)NC(=O)[C@@H](NC(=O)[C@H](CCC(N)=O)NC(=O)[C@H](C)NC(=O)[C@H](CCC(N)=O)NC(=O)[C@H](C)NC(=O)[C@@H](N)C(C)C)[C@@H](C)CC)C(N)=O. The van der Waals surface area contributed by atoms with Gasteiger partial charge in [-0.2, -0.15) is 0 Å². The molecule has 0 radical (unpaired) electrons. The van der Waals surface area contributed by atoms with Crippen molar-refractivity contribution in [2.75, 3.05) is 0 Å². The Bertz CT molecular complexity index is 1580. The minimum Gasteiger partial charge on any atom is -0.370 e. The van der Waals surface area contributed by atoms with Crippen LogP contribution >= 0.6 is 0 Å². The van der Waals surface area contributed by atoms with Gasteiger partial charge in [-0.3, -0.25) is 52.7 Å². The zero-order chi connectivity index (χ0) is 46.6.